The molecule has 0 spiro atoms. The zero-order valence-electron chi connectivity index (χ0n) is 13.2. The normalized spacial score (nSPS) is 17.1. The Bertz CT molecular complexity index is 474. The number of nitrogens with zero attached hydrogens (tertiary/aromatic N) is 1. The highest BCUT2D eigenvalue weighted by molar-refractivity contribution is 5.73. The van der Waals surface area contributed by atoms with Gasteiger partial charge in [0.15, 0.2) is 0 Å². The molecule has 1 aromatic rings. The Labute approximate surface area is 127 Å². The van der Waals surface area contributed by atoms with Crippen molar-refractivity contribution >= 4 is 6.03 Å². The van der Waals surface area contributed by atoms with Crippen LogP contribution >= 0.6 is 0 Å². The van der Waals surface area contributed by atoms with Gasteiger partial charge >= 0.3 is 6.03 Å². The van der Waals surface area contributed by atoms with Gasteiger partial charge in [0, 0.05) is 20.1 Å². The van der Waals surface area contributed by atoms with E-state index in [4.69, 9.17) is 0 Å². The molecule has 0 bridgehead atoms. The fourth-order valence-electron chi connectivity index (χ4n) is 2.92. The molecule has 0 fully saturated rings. The Kier molecular flexibility index (Phi) is 4.88. The molecule has 0 heterocycles. The molecule has 21 heavy (non-hydrogen) atoms. The SMILES string of the molecule is CC(O)CCN(C)C(=O)NCC1(C)Cc2ccccc2C1. The maximum absolute atomic E-state index is 12.1. The average Bonchev–Trinajstić information content (AvgIpc) is 2.78. The molecule has 4 nitrogen and oxygen atoms in total. The predicted octanol–water partition coefficient (Wildman–Crippen LogP) is 2.20. The summed E-state index contributed by atoms with van der Waals surface area (Å²) >= 11 is 0. The van der Waals surface area contributed by atoms with Gasteiger partial charge in [0.1, 0.15) is 0 Å². The van der Waals surface area contributed by atoms with Crippen molar-refractivity contribution in [3.63, 3.8) is 0 Å². The van der Waals surface area contributed by atoms with Crippen LogP contribution in [-0.2, 0) is 12.8 Å². The second-order valence-electron chi connectivity index (χ2n) is 6.65. The van der Waals surface area contributed by atoms with Crippen LogP contribution in [0.3, 0.4) is 0 Å². The third kappa shape index (κ3) is 4.21. The Morgan fingerprint density at radius 1 is 1.38 bits per heavy atom. The van der Waals surface area contributed by atoms with E-state index in [1.165, 1.54) is 11.1 Å². The number of urea groups is 1. The highest BCUT2D eigenvalue weighted by Crippen LogP contribution is 2.35. The van der Waals surface area contributed by atoms with Crippen LogP contribution in [0.1, 0.15) is 31.4 Å². The van der Waals surface area contributed by atoms with Gasteiger partial charge in [-0.1, -0.05) is 31.2 Å². The van der Waals surface area contributed by atoms with Crippen LogP contribution in [0.15, 0.2) is 24.3 Å². The molecule has 0 aliphatic heterocycles. The summed E-state index contributed by atoms with van der Waals surface area (Å²) in [6.45, 7) is 5.21. The summed E-state index contributed by atoms with van der Waals surface area (Å²) in [5.41, 5.74) is 2.90. The Morgan fingerprint density at radius 3 is 2.48 bits per heavy atom. The number of rotatable bonds is 5. The first-order valence-electron chi connectivity index (χ1n) is 7.63. The van der Waals surface area contributed by atoms with E-state index in [9.17, 15) is 9.90 Å². The lowest BCUT2D eigenvalue weighted by molar-refractivity contribution is 0.161. The Balaban J connectivity index is 1.82. The molecule has 4 heteroatoms. The number of carbonyl (C=O) groups is 1. The molecular formula is C17H26N2O2. The quantitative estimate of drug-likeness (QED) is 0.873. The first-order valence-corrected chi connectivity index (χ1v) is 7.63. The molecular weight excluding hydrogens is 264 g/mol. The highest BCUT2D eigenvalue weighted by Gasteiger charge is 2.33. The second-order valence-corrected chi connectivity index (χ2v) is 6.65. The fourth-order valence-corrected chi connectivity index (χ4v) is 2.92. The molecule has 2 amide bonds. The van der Waals surface area contributed by atoms with Crippen LogP contribution in [-0.4, -0.2) is 42.3 Å². The van der Waals surface area contributed by atoms with Gasteiger partial charge in [-0.2, -0.15) is 0 Å². The standard InChI is InChI=1S/C17H26N2O2/c1-13(20)8-9-19(3)16(21)18-12-17(2)10-14-6-4-5-7-15(14)11-17/h4-7,13,20H,8-12H2,1-3H3,(H,18,21). The zero-order valence-corrected chi connectivity index (χ0v) is 13.2. The molecule has 2 N–H and O–H groups in total. The van der Waals surface area contributed by atoms with Gasteiger partial charge in [0.25, 0.3) is 0 Å². The monoisotopic (exact) mass is 290 g/mol. The molecule has 1 unspecified atom stereocenters. The number of aliphatic hydroxyl groups excluding tert-OH is 1. The van der Waals surface area contributed by atoms with E-state index in [-0.39, 0.29) is 17.6 Å². The lowest BCUT2D eigenvalue weighted by Crippen LogP contribution is -2.43. The van der Waals surface area contributed by atoms with Gasteiger partial charge in [0.2, 0.25) is 0 Å². The summed E-state index contributed by atoms with van der Waals surface area (Å²) in [7, 11) is 1.77. The molecule has 116 valence electrons. The molecule has 1 aliphatic rings. The minimum atomic E-state index is -0.373. The van der Waals surface area contributed by atoms with Crippen LogP contribution in [0.4, 0.5) is 4.79 Å². The molecule has 0 aromatic heterocycles. The van der Waals surface area contributed by atoms with Gasteiger partial charge in [-0.05, 0) is 42.7 Å². The number of aliphatic hydroxyl groups is 1. The number of hydrogen-bond donors (Lipinski definition) is 2. The average molecular weight is 290 g/mol. The van der Waals surface area contributed by atoms with E-state index in [2.05, 4.69) is 36.5 Å². The number of hydrogen-bond acceptors (Lipinski definition) is 2. The van der Waals surface area contributed by atoms with E-state index in [1.807, 2.05) is 0 Å². The lowest BCUT2D eigenvalue weighted by atomic mass is 9.87. The van der Waals surface area contributed by atoms with E-state index >= 15 is 0 Å². The molecule has 1 aromatic carbocycles. The van der Waals surface area contributed by atoms with Gasteiger partial charge < -0.3 is 15.3 Å². The minimum Gasteiger partial charge on any atom is -0.393 e. The van der Waals surface area contributed by atoms with Crippen LogP contribution < -0.4 is 5.32 Å². The van der Waals surface area contributed by atoms with Gasteiger partial charge in [-0.15, -0.1) is 0 Å². The fraction of sp³-hybridized carbons (Fsp3) is 0.588. The summed E-state index contributed by atoms with van der Waals surface area (Å²) in [4.78, 5) is 13.7. The van der Waals surface area contributed by atoms with Crippen LogP contribution in [0, 0.1) is 5.41 Å². The summed E-state index contributed by atoms with van der Waals surface area (Å²) in [5.74, 6) is 0. The van der Waals surface area contributed by atoms with Crippen molar-refractivity contribution in [2.24, 2.45) is 5.41 Å². The van der Waals surface area contributed by atoms with Crippen molar-refractivity contribution in [1.29, 1.82) is 0 Å². The number of benzene rings is 1. The van der Waals surface area contributed by atoms with E-state index in [0.29, 0.717) is 19.5 Å². The van der Waals surface area contributed by atoms with E-state index < -0.39 is 0 Å². The maximum atomic E-state index is 12.1. The highest BCUT2D eigenvalue weighted by atomic mass is 16.3. The van der Waals surface area contributed by atoms with E-state index in [0.717, 1.165) is 12.8 Å². The van der Waals surface area contributed by atoms with Crippen LogP contribution in [0.5, 0.6) is 0 Å². The van der Waals surface area contributed by atoms with Crippen molar-refractivity contribution in [1.82, 2.24) is 10.2 Å². The van der Waals surface area contributed by atoms with Crippen molar-refractivity contribution in [3.8, 4) is 0 Å². The second kappa shape index (κ2) is 6.48. The Morgan fingerprint density at radius 2 is 1.95 bits per heavy atom. The van der Waals surface area contributed by atoms with Gasteiger partial charge in [-0.25, -0.2) is 4.79 Å². The topological polar surface area (TPSA) is 52.6 Å². The molecule has 1 atom stereocenters. The lowest BCUT2D eigenvalue weighted by Gasteiger charge is -2.26. The summed E-state index contributed by atoms with van der Waals surface area (Å²) in [6.07, 6.45) is 2.26. The zero-order chi connectivity index (χ0) is 15.5. The van der Waals surface area contributed by atoms with Crippen LogP contribution in [0.25, 0.3) is 0 Å². The number of fused-ring (bicyclic) bond motifs is 1. The summed E-state index contributed by atoms with van der Waals surface area (Å²) < 4.78 is 0. The predicted molar refractivity (Wildman–Crippen MR) is 84.3 cm³/mol. The molecule has 1 aliphatic carbocycles. The molecule has 0 saturated carbocycles. The first-order chi connectivity index (χ1) is 9.89. The smallest absolute Gasteiger partial charge is 0.317 e. The number of carbonyl (C=O) groups excluding carboxylic acids is 1. The molecule has 2 rings (SSSR count). The first kappa shape index (κ1) is 15.8. The summed E-state index contributed by atoms with van der Waals surface area (Å²) in [6, 6.07) is 8.45. The third-order valence-electron chi connectivity index (χ3n) is 4.25. The largest absolute Gasteiger partial charge is 0.393 e. The molecule has 0 saturated heterocycles. The van der Waals surface area contributed by atoms with Crippen molar-refractivity contribution < 1.29 is 9.90 Å². The van der Waals surface area contributed by atoms with Gasteiger partial charge in [-0.3, -0.25) is 0 Å². The van der Waals surface area contributed by atoms with Crippen molar-refractivity contribution in [3.05, 3.63) is 35.4 Å². The van der Waals surface area contributed by atoms with Crippen molar-refractivity contribution in [2.75, 3.05) is 20.1 Å². The number of nitrogens with one attached hydrogen (secondary N) is 1. The Hall–Kier alpha value is -1.55. The maximum Gasteiger partial charge on any atom is 0.317 e. The van der Waals surface area contributed by atoms with E-state index in [1.54, 1.807) is 18.9 Å². The van der Waals surface area contributed by atoms with Crippen LogP contribution in [0.2, 0.25) is 0 Å². The molecule has 0 radical (unpaired) electrons. The third-order valence-corrected chi connectivity index (χ3v) is 4.25. The van der Waals surface area contributed by atoms with Gasteiger partial charge in [0.05, 0.1) is 6.10 Å². The number of amides is 2. The van der Waals surface area contributed by atoms with Crippen molar-refractivity contribution in [2.45, 2.75) is 39.2 Å². The minimum absolute atomic E-state index is 0.0622. The summed E-state index contributed by atoms with van der Waals surface area (Å²) in [5, 5.41) is 12.3.